The molecule has 15 heavy (non-hydrogen) atoms. The molecule has 0 bridgehead atoms. The Bertz CT molecular complexity index is 227. The van der Waals surface area contributed by atoms with Gasteiger partial charge in [0.1, 0.15) is 0 Å². The molecular weight excluding hydrogens is 192 g/mol. The summed E-state index contributed by atoms with van der Waals surface area (Å²) in [7, 11) is 0. The van der Waals surface area contributed by atoms with Crippen LogP contribution in [0.2, 0.25) is 0 Å². The second-order valence-electron chi connectivity index (χ2n) is 4.97. The van der Waals surface area contributed by atoms with Gasteiger partial charge in [-0.25, -0.2) is 0 Å². The summed E-state index contributed by atoms with van der Waals surface area (Å²) >= 11 is 0. The molecule has 1 aliphatic rings. The van der Waals surface area contributed by atoms with Gasteiger partial charge in [0.15, 0.2) is 0 Å². The summed E-state index contributed by atoms with van der Waals surface area (Å²) in [6.45, 7) is 5.92. The first kappa shape index (κ1) is 12.5. The summed E-state index contributed by atoms with van der Waals surface area (Å²) in [6.07, 6.45) is 4.81. The Morgan fingerprint density at radius 1 is 1.53 bits per heavy atom. The predicted octanol–water partition coefficient (Wildman–Crippen LogP) is 2.84. The molecule has 88 valence electrons. The molecule has 0 spiro atoms. The van der Waals surface area contributed by atoms with Gasteiger partial charge in [0.2, 0.25) is 0 Å². The van der Waals surface area contributed by atoms with Crippen molar-refractivity contribution in [2.75, 3.05) is 0 Å². The van der Waals surface area contributed by atoms with E-state index in [9.17, 15) is 9.90 Å². The van der Waals surface area contributed by atoms with Gasteiger partial charge in [-0.05, 0) is 39.5 Å². The highest BCUT2D eigenvalue weighted by Gasteiger charge is 2.37. The van der Waals surface area contributed by atoms with Crippen LogP contribution >= 0.6 is 0 Å². The Balaban J connectivity index is 2.55. The van der Waals surface area contributed by atoms with E-state index in [4.69, 9.17) is 4.74 Å². The van der Waals surface area contributed by atoms with Crippen LogP contribution in [0.4, 0.5) is 0 Å². The molecule has 1 rings (SSSR count). The first-order valence-electron chi connectivity index (χ1n) is 5.87. The van der Waals surface area contributed by atoms with Crippen molar-refractivity contribution in [3.8, 4) is 0 Å². The summed E-state index contributed by atoms with van der Waals surface area (Å²) in [5, 5.41) is 9.23. The Morgan fingerprint density at radius 3 is 2.60 bits per heavy atom. The molecule has 3 atom stereocenters. The largest absolute Gasteiger partial charge is 0.481 e. The first-order valence-corrected chi connectivity index (χ1v) is 5.87. The summed E-state index contributed by atoms with van der Waals surface area (Å²) in [6, 6.07) is 0. The summed E-state index contributed by atoms with van der Waals surface area (Å²) in [5.74, 6) is -0.687. The first-order chi connectivity index (χ1) is 6.98. The van der Waals surface area contributed by atoms with E-state index in [-0.39, 0.29) is 6.10 Å². The van der Waals surface area contributed by atoms with E-state index in [1.165, 1.54) is 0 Å². The normalized spacial score (nSPS) is 30.1. The van der Waals surface area contributed by atoms with Gasteiger partial charge < -0.3 is 9.84 Å². The van der Waals surface area contributed by atoms with Crippen molar-refractivity contribution in [2.45, 2.75) is 65.1 Å². The lowest BCUT2D eigenvalue weighted by Crippen LogP contribution is -2.32. The molecule has 1 N–H and O–H groups in total. The van der Waals surface area contributed by atoms with Crippen molar-refractivity contribution in [1.29, 1.82) is 0 Å². The standard InChI is InChI=1S/C12H22O3/c1-4-7-12(3,11(13)14)8-10-6-5-9(2)15-10/h9-10H,4-8H2,1-3H3,(H,13,14). The molecule has 3 unspecified atom stereocenters. The molecule has 1 aliphatic heterocycles. The molecule has 3 nitrogen and oxygen atoms in total. The van der Waals surface area contributed by atoms with Crippen LogP contribution in [0.15, 0.2) is 0 Å². The van der Waals surface area contributed by atoms with Crippen molar-refractivity contribution in [1.82, 2.24) is 0 Å². The van der Waals surface area contributed by atoms with Crippen LogP contribution in [0.1, 0.15) is 52.9 Å². The van der Waals surface area contributed by atoms with Crippen LogP contribution in [0.25, 0.3) is 0 Å². The molecule has 0 aromatic rings. The topological polar surface area (TPSA) is 46.5 Å². The molecule has 3 heteroatoms. The zero-order valence-corrected chi connectivity index (χ0v) is 9.95. The smallest absolute Gasteiger partial charge is 0.309 e. The van der Waals surface area contributed by atoms with E-state index in [0.29, 0.717) is 12.5 Å². The third-order valence-electron chi connectivity index (χ3n) is 3.32. The summed E-state index contributed by atoms with van der Waals surface area (Å²) in [5.41, 5.74) is -0.608. The minimum Gasteiger partial charge on any atom is -0.481 e. The number of aliphatic carboxylic acids is 1. The predicted molar refractivity (Wildman–Crippen MR) is 58.8 cm³/mol. The van der Waals surface area contributed by atoms with E-state index < -0.39 is 11.4 Å². The number of carboxylic acid groups (broad SMARTS) is 1. The highest BCUT2D eigenvalue weighted by atomic mass is 16.5. The number of hydrogen-bond donors (Lipinski definition) is 1. The van der Waals surface area contributed by atoms with E-state index in [0.717, 1.165) is 25.7 Å². The quantitative estimate of drug-likeness (QED) is 0.765. The van der Waals surface area contributed by atoms with Crippen molar-refractivity contribution in [3.63, 3.8) is 0 Å². The molecule has 1 fully saturated rings. The molecule has 1 saturated heterocycles. The molecule has 0 saturated carbocycles. The maximum Gasteiger partial charge on any atom is 0.309 e. The Morgan fingerprint density at radius 2 is 2.20 bits per heavy atom. The Hall–Kier alpha value is -0.570. The van der Waals surface area contributed by atoms with Crippen molar-refractivity contribution in [2.24, 2.45) is 5.41 Å². The van der Waals surface area contributed by atoms with Crippen molar-refractivity contribution >= 4 is 5.97 Å². The minimum atomic E-state index is -0.687. The maximum atomic E-state index is 11.2. The van der Waals surface area contributed by atoms with E-state index >= 15 is 0 Å². The fourth-order valence-corrected chi connectivity index (χ4v) is 2.39. The van der Waals surface area contributed by atoms with Crippen LogP contribution in [0.5, 0.6) is 0 Å². The van der Waals surface area contributed by atoms with Gasteiger partial charge in [-0.15, -0.1) is 0 Å². The second-order valence-corrected chi connectivity index (χ2v) is 4.97. The van der Waals surface area contributed by atoms with Gasteiger partial charge in [-0.3, -0.25) is 4.79 Å². The SMILES string of the molecule is CCCC(C)(CC1CCC(C)O1)C(=O)O. The minimum absolute atomic E-state index is 0.146. The van der Waals surface area contributed by atoms with E-state index in [1.54, 1.807) is 0 Å². The highest BCUT2D eigenvalue weighted by Crippen LogP contribution is 2.34. The van der Waals surface area contributed by atoms with Crippen LogP contribution in [0, 0.1) is 5.41 Å². The molecule has 0 aromatic carbocycles. The number of hydrogen-bond acceptors (Lipinski definition) is 2. The van der Waals surface area contributed by atoms with E-state index in [2.05, 4.69) is 6.92 Å². The number of ether oxygens (including phenoxy) is 1. The lowest BCUT2D eigenvalue weighted by molar-refractivity contribution is -0.150. The van der Waals surface area contributed by atoms with Gasteiger partial charge in [-0.1, -0.05) is 13.3 Å². The lowest BCUT2D eigenvalue weighted by atomic mass is 9.80. The molecule has 1 heterocycles. The van der Waals surface area contributed by atoms with Crippen LogP contribution in [-0.2, 0) is 9.53 Å². The van der Waals surface area contributed by atoms with Gasteiger partial charge in [-0.2, -0.15) is 0 Å². The van der Waals surface area contributed by atoms with Crippen molar-refractivity contribution < 1.29 is 14.6 Å². The maximum absolute atomic E-state index is 11.2. The molecule has 0 radical (unpaired) electrons. The average Bonchev–Trinajstić information content (AvgIpc) is 2.51. The summed E-state index contributed by atoms with van der Waals surface area (Å²) in [4.78, 5) is 11.2. The zero-order chi connectivity index (χ0) is 11.5. The fraction of sp³-hybridized carbons (Fsp3) is 0.917. The third kappa shape index (κ3) is 3.20. The molecule has 0 amide bonds. The number of carboxylic acids is 1. The molecule has 0 aromatic heterocycles. The molecule has 0 aliphatic carbocycles. The van der Waals surface area contributed by atoms with Gasteiger partial charge in [0.05, 0.1) is 17.6 Å². The van der Waals surface area contributed by atoms with Crippen molar-refractivity contribution in [3.05, 3.63) is 0 Å². The van der Waals surface area contributed by atoms with Crippen LogP contribution in [0.3, 0.4) is 0 Å². The lowest BCUT2D eigenvalue weighted by Gasteiger charge is -2.27. The van der Waals surface area contributed by atoms with Gasteiger partial charge >= 0.3 is 5.97 Å². The van der Waals surface area contributed by atoms with Gasteiger partial charge in [0, 0.05) is 0 Å². The van der Waals surface area contributed by atoms with Crippen LogP contribution in [-0.4, -0.2) is 23.3 Å². The third-order valence-corrected chi connectivity index (χ3v) is 3.32. The summed E-state index contributed by atoms with van der Waals surface area (Å²) < 4.78 is 5.69. The van der Waals surface area contributed by atoms with E-state index in [1.807, 2.05) is 13.8 Å². The molecular formula is C12H22O3. The average molecular weight is 214 g/mol. The number of rotatable bonds is 5. The monoisotopic (exact) mass is 214 g/mol. The second kappa shape index (κ2) is 4.97. The zero-order valence-electron chi connectivity index (χ0n) is 9.95. The fourth-order valence-electron chi connectivity index (χ4n) is 2.39. The highest BCUT2D eigenvalue weighted by molar-refractivity contribution is 5.74. The Labute approximate surface area is 91.8 Å². The van der Waals surface area contributed by atoms with Gasteiger partial charge in [0.25, 0.3) is 0 Å². The Kier molecular flexibility index (Phi) is 4.14. The number of carbonyl (C=O) groups is 1. The van der Waals surface area contributed by atoms with Crippen LogP contribution < -0.4 is 0 Å².